The Bertz CT molecular complexity index is 765. The van der Waals surface area contributed by atoms with E-state index in [1.807, 2.05) is 36.4 Å². The predicted molar refractivity (Wildman–Crippen MR) is 107 cm³/mol. The summed E-state index contributed by atoms with van der Waals surface area (Å²) in [6.07, 6.45) is 0.700. The van der Waals surface area contributed by atoms with E-state index in [9.17, 15) is 4.79 Å². The number of carbonyl (C=O) groups excluding carboxylic acids is 1. The van der Waals surface area contributed by atoms with Gasteiger partial charge in [0.1, 0.15) is 5.75 Å². The summed E-state index contributed by atoms with van der Waals surface area (Å²) in [6.45, 7) is 6.96. The molecule has 0 atom stereocenters. The zero-order chi connectivity index (χ0) is 19.9. The van der Waals surface area contributed by atoms with Gasteiger partial charge in [0.05, 0.1) is 14.2 Å². The molecule has 0 fully saturated rings. The van der Waals surface area contributed by atoms with Crippen molar-refractivity contribution >= 4 is 5.91 Å². The molecule has 2 aromatic rings. The normalized spacial score (nSPS) is 11.0. The lowest BCUT2D eigenvalue weighted by Crippen LogP contribution is -2.30. The summed E-state index contributed by atoms with van der Waals surface area (Å²) in [5.74, 6) is 1.94. The van der Waals surface area contributed by atoms with Gasteiger partial charge in [-0.05, 0) is 47.2 Å². The molecule has 0 unspecified atom stereocenters. The van der Waals surface area contributed by atoms with Gasteiger partial charge in [0, 0.05) is 6.54 Å². The Labute approximate surface area is 161 Å². The fourth-order valence-corrected chi connectivity index (χ4v) is 2.63. The minimum atomic E-state index is -0.142. The first-order valence-electron chi connectivity index (χ1n) is 9.04. The van der Waals surface area contributed by atoms with Crippen LogP contribution in [0.5, 0.6) is 17.2 Å². The molecule has 27 heavy (non-hydrogen) atoms. The van der Waals surface area contributed by atoms with E-state index in [4.69, 9.17) is 14.2 Å². The van der Waals surface area contributed by atoms with E-state index in [2.05, 4.69) is 32.2 Å². The largest absolute Gasteiger partial charge is 0.493 e. The topological polar surface area (TPSA) is 56.8 Å². The van der Waals surface area contributed by atoms with Crippen LogP contribution in [0.25, 0.3) is 0 Å². The number of nitrogens with one attached hydrogen (secondary N) is 1. The van der Waals surface area contributed by atoms with Crippen molar-refractivity contribution in [1.29, 1.82) is 0 Å². The molecule has 0 aliphatic carbocycles. The van der Waals surface area contributed by atoms with E-state index >= 15 is 0 Å². The summed E-state index contributed by atoms with van der Waals surface area (Å²) in [5.41, 5.74) is 2.28. The molecule has 0 bridgehead atoms. The van der Waals surface area contributed by atoms with Crippen LogP contribution in [0, 0.1) is 0 Å². The molecule has 0 aliphatic rings. The van der Waals surface area contributed by atoms with Gasteiger partial charge in [-0.3, -0.25) is 4.79 Å². The Morgan fingerprint density at radius 1 is 1.00 bits per heavy atom. The first-order chi connectivity index (χ1) is 12.8. The van der Waals surface area contributed by atoms with Gasteiger partial charge >= 0.3 is 0 Å². The molecule has 2 aromatic carbocycles. The third-order valence-corrected chi connectivity index (χ3v) is 4.25. The minimum absolute atomic E-state index is 0.000466. The maximum atomic E-state index is 12.0. The highest BCUT2D eigenvalue weighted by Gasteiger charge is 2.14. The summed E-state index contributed by atoms with van der Waals surface area (Å²) < 4.78 is 16.1. The van der Waals surface area contributed by atoms with Crippen molar-refractivity contribution in [1.82, 2.24) is 5.32 Å². The Morgan fingerprint density at radius 2 is 1.74 bits per heavy atom. The molecule has 1 amide bonds. The summed E-state index contributed by atoms with van der Waals surface area (Å²) in [4.78, 5) is 12.0. The van der Waals surface area contributed by atoms with Crippen LogP contribution in [0.3, 0.4) is 0 Å². The molecule has 0 saturated carbocycles. The molecule has 0 aliphatic heterocycles. The molecular formula is C22H29NO4. The lowest BCUT2D eigenvalue weighted by Gasteiger charge is -2.19. The van der Waals surface area contributed by atoms with E-state index in [1.54, 1.807) is 14.2 Å². The number of hydrogen-bond acceptors (Lipinski definition) is 4. The van der Waals surface area contributed by atoms with Gasteiger partial charge in [-0.1, -0.05) is 39.0 Å². The zero-order valence-electron chi connectivity index (χ0n) is 16.8. The molecule has 5 nitrogen and oxygen atoms in total. The summed E-state index contributed by atoms with van der Waals surface area (Å²) in [5, 5.41) is 2.88. The number of hydrogen-bond donors (Lipinski definition) is 1. The molecule has 0 radical (unpaired) electrons. The quantitative estimate of drug-likeness (QED) is 0.768. The number of carbonyl (C=O) groups is 1. The standard InChI is InChI=1S/C22H29NO4/c1-22(2,3)17-7-6-8-18(14-17)27-15-21(24)23-12-11-16-9-10-19(25-4)20(13-16)26-5/h6-10,13-14H,11-12,15H2,1-5H3,(H,23,24). The summed E-state index contributed by atoms with van der Waals surface area (Å²) in [6, 6.07) is 13.6. The molecule has 0 saturated heterocycles. The first-order valence-corrected chi connectivity index (χ1v) is 9.04. The van der Waals surface area contributed by atoms with Gasteiger partial charge in [-0.2, -0.15) is 0 Å². The number of rotatable bonds is 8. The van der Waals surface area contributed by atoms with Gasteiger partial charge in [0.2, 0.25) is 0 Å². The van der Waals surface area contributed by atoms with E-state index < -0.39 is 0 Å². The molecule has 2 rings (SSSR count). The molecule has 5 heteroatoms. The highest BCUT2D eigenvalue weighted by molar-refractivity contribution is 5.77. The van der Waals surface area contributed by atoms with Crippen molar-refractivity contribution in [3.8, 4) is 17.2 Å². The molecule has 0 aromatic heterocycles. The van der Waals surface area contributed by atoms with E-state index in [-0.39, 0.29) is 17.9 Å². The average Bonchev–Trinajstić information content (AvgIpc) is 2.65. The van der Waals surface area contributed by atoms with Crippen LogP contribution in [0.2, 0.25) is 0 Å². The van der Waals surface area contributed by atoms with Crippen molar-refractivity contribution < 1.29 is 19.0 Å². The predicted octanol–water partition coefficient (Wildman–Crippen LogP) is 3.74. The number of methoxy groups -OCH3 is 2. The number of amides is 1. The fourth-order valence-electron chi connectivity index (χ4n) is 2.63. The van der Waals surface area contributed by atoms with E-state index in [0.29, 0.717) is 30.2 Å². The third-order valence-electron chi connectivity index (χ3n) is 4.25. The molecular weight excluding hydrogens is 342 g/mol. The Balaban J connectivity index is 1.80. The van der Waals surface area contributed by atoms with Crippen LogP contribution in [-0.2, 0) is 16.6 Å². The third kappa shape index (κ3) is 6.20. The van der Waals surface area contributed by atoms with Gasteiger partial charge in [-0.25, -0.2) is 0 Å². The van der Waals surface area contributed by atoms with Crippen LogP contribution < -0.4 is 19.5 Å². The van der Waals surface area contributed by atoms with Crippen molar-refractivity contribution in [2.45, 2.75) is 32.6 Å². The van der Waals surface area contributed by atoms with Crippen LogP contribution in [0.4, 0.5) is 0 Å². The van der Waals surface area contributed by atoms with Crippen LogP contribution in [0.1, 0.15) is 31.9 Å². The second-order valence-electron chi connectivity index (χ2n) is 7.36. The second-order valence-corrected chi connectivity index (χ2v) is 7.36. The van der Waals surface area contributed by atoms with Gasteiger partial charge < -0.3 is 19.5 Å². The maximum Gasteiger partial charge on any atom is 0.257 e. The van der Waals surface area contributed by atoms with Crippen LogP contribution >= 0.6 is 0 Å². The molecule has 0 spiro atoms. The summed E-state index contributed by atoms with van der Waals surface area (Å²) >= 11 is 0. The molecule has 146 valence electrons. The molecule has 1 N–H and O–H groups in total. The average molecular weight is 371 g/mol. The monoisotopic (exact) mass is 371 g/mol. The zero-order valence-corrected chi connectivity index (χ0v) is 16.8. The van der Waals surface area contributed by atoms with Crippen LogP contribution in [-0.4, -0.2) is 33.3 Å². The maximum absolute atomic E-state index is 12.0. The molecule has 0 heterocycles. The Hall–Kier alpha value is -2.69. The lowest BCUT2D eigenvalue weighted by atomic mass is 9.87. The van der Waals surface area contributed by atoms with Crippen LogP contribution in [0.15, 0.2) is 42.5 Å². The van der Waals surface area contributed by atoms with E-state index in [0.717, 1.165) is 5.56 Å². The summed E-state index contributed by atoms with van der Waals surface area (Å²) in [7, 11) is 3.21. The Kier molecular flexibility index (Phi) is 7.11. The van der Waals surface area contributed by atoms with Crippen molar-refractivity contribution in [2.75, 3.05) is 27.4 Å². The van der Waals surface area contributed by atoms with Crippen molar-refractivity contribution in [3.63, 3.8) is 0 Å². The van der Waals surface area contributed by atoms with Gasteiger partial charge in [0.15, 0.2) is 18.1 Å². The highest BCUT2D eigenvalue weighted by Crippen LogP contribution is 2.27. The number of benzene rings is 2. The number of ether oxygens (including phenoxy) is 3. The first kappa shape index (κ1) is 20.6. The fraction of sp³-hybridized carbons (Fsp3) is 0.409. The van der Waals surface area contributed by atoms with Gasteiger partial charge in [0.25, 0.3) is 5.91 Å². The Morgan fingerprint density at radius 3 is 2.41 bits per heavy atom. The van der Waals surface area contributed by atoms with E-state index in [1.165, 1.54) is 5.56 Å². The minimum Gasteiger partial charge on any atom is -0.493 e. The smallest absolute Gasteiger partial charge is 0.257 e. The highest BCUT2D eigenvalue weighted by atomic mass is 16.5. The van der Waals surface area contributed by atoms with Crippen molar-refractivity contribution in [3.05, 3.63) is 53.6 Å². The SMILES string of the molecule is COc1ccc(CCNC(=O)COc2cccc(C(C)(C)C)c2)cc1OC. The lowest BCUT2D eigenvalue weighted by molar-refractivity contribution is -0.123. The van der Waals surface area contributed by atoms with Crippen molar-refractivity contribution in [2.24, 2.45) is 0 Å². The second kappa shape index (κ2) is 9.31. The van der Waals surface area contributed by atoms with Gasteiger partial charge in [-0.15, -0.1) is 0 Å².